The second-order valence-electron chi connectivity index (χ2n) is 12.7. The second kappa shape index (κ2) is 36.6. The van der Waals surface area contributed by atoms with Crippen LogP contribution in [-0.2, 0) is 0 Å². The first-order valence-electron chi connectivity index (χ1n) is 18.7. The minimum absolute atomic E-state index is 0.934. The summed E-state index contributed by atoms with van der Waals surface area (Å²) in [7, 11) is 4.25. The maximum Gasteiger partial charge on any atom is 0.0456 e. The molecule has 0 heterocycles. The lowest BCUT2D eigenvalue weighted by atomic mass is 10.0. The molecule has 3 heteroatoms. The summed E-state index contributed by atoms with van der Waals surface area (Å²) in [5.74, 6) is 0. The van der Waals surface area contributed by atoms with Crippen molar-refractivity contribution in [1.82, 2.24) is 10.3 Å². The van der Waals surface area contributed by atoms with E-state index in [2.05, 4.69) is 86.9 Å². The van der Waals surface area contributed by atoms with Crippen LogP contribution >= 0.6 is 0 Å². The highest BCUT2D eigenvalue weighted by molar-refractivity contribution is 5.84. The molecule has 0 bridgehead atoms. The van der Waals surface area contributed by atoms with E-state index in [9.17, 15) is 0 Å². The van der Waals surface area contributed by atoms with E-state index in [1.54, 1.807) is 0 Å². The van der Waals surface area contributed by atoms with E-state index in [-0.39, 0.29) is 0 Å². The van der Waals surface area contributed by atoms with Crippen molar-refractivity contribution in [1.29, 1.82) is 0 Å². The van der Waals surface area contributed by atoms with E-state index in [1.807, 2.05) is 0 Å². The quantitative estimate of drug-likeness (QED) is 0.0352. The minimum atomic E-state index is 0.934. The van der Waals surface area contributed by atoms with E-state index >= 15 is 0 Å². The van der Waals surface area contributed by atoms with Crippen LogP contribution in [0.1, 0.15) is 174 Å². The molecule has 0 aromatic carbocycles. The predicted octanol–water partition coefficient (Wildman–Crippen LogP) is 12.5. The van der Waals surface area contributed by atoms with E-state index in [0.29, 0.717) is 0 Å². The second-order valence-corrected chi connectivity index (χ2v) is 12.7. The summed E-state index contributed by atoms with van der Waals surface area (Å²) >= 11 is 0. The molecule has 0 fully saturated rings. The maximum atomic E-state index is 4.82. The van der Waals surface area contributed by atoms with E-state index < -0.39 is 0 Å². The lowest BCUT2D eigenvalue weighted by Crippen LogP contribution is -2.24. The van der Waals surface area contributed by atoms with E-state index in [0.717, 1.165) is 25.9 Å². The highest BCUT2D eigenvalue weighted by atomic mass is 15.3. The molecule has 3 nitrogen and oxygen atoms in total. The Hall–Kier alpha value is -1.61. The lowest BCUT2D eigenvalue weighted by molar-refractivity contribution is 0.402. The molecule has 0 aliphatic carbocycles. The number of rotatable bonds is 33. The first kappa shape index (κ1) is 41.4. The molecule has 0 aromatic rings. The molecular formula is C40H75N3. The van der Waals surface area contributed by atoms with Crippen molar-refractivity contribution in [3.8, 4) is 0 Å². The number of likely N-dealkylation sites (N-methyl/N-ethyl adjacent to an activating group) is 1. The van der Waals surface area contributed by atoms with Crippen LogP contribution in [0.15, 0.2) is 53.7 Å². The Balaban J connectivity index is 3.89. The molecule has 0 rings (SSSR count). The SMILES string of the molecule is CCCC/C=C/C/C=C\CCCCCCCC/C(CCCCCCCC/C=C\C/C=C\CCCCC)=N/NCCN(C)C. The van der Waals surface area contributed by atoms with Gasteiger partial charge in [0.1, 0.15) is 0 Å². The highest BCUT2D eigenvalue weighted by Gasteiger charge is 2.02. The zero-order valence-electron chi connectivity index (χ0n) is 29.6. The molecule has 1 N–H and O–H groups in total. The average molecular weight is 598 g/mol. The van der Waals surface area contributed by atoms with Crippen LogP contribution in [-0.4, -0.2) is 37.8 Å². The van der Waals surface area contributed by atoms with Crippen molar-refractivity contribution in [2.75, 3.05) is 27.2 Å². The van der Waals surface area contributed by atoms with Crippen molar-refractivity contribution < 1.29 is 0 Å². The zero-order chi connectivity index (χ0) is 31.3. The number of hydrogen-bond donors (Lipinski definition) is 1. The fourth-order valence-electron chi connectivity index (χ4n) is 5.12. The molecule has 0 radical (unpaired) electrons. The van der Waals surface area contributed by atoms with Gasteiger partial charge in [-0.2, -0.15) is 5.10 Å². The standard InChI is InChI=1S/C40H75N3/c1-5-7-9-11-13-15-17-19-21-23-25-27-29-31-33-35-37-40(42-41-38-39-43(3)4)36-34-32-30-28-26-24-22-20-18-16-14-12-10-8-6-2/h12-15,18-21,41H,5-11,16-17,22-39H2,1-4H3/b14-12+,15-13-,20-18-,21-19-,42-40-. The highest BCUT2D eigenvalue weighted by Crippen LogP contribution is 2.14. The van der Waals surface area contributed by atoms with Crippen molar-refractivity contribution in [3.05, 3.63) is 48.6 Å². The number of unbranched alkanes of at least 4 members (excludes halogenated alkanes) is 17. The van der Waals surface area contributed by atoms with Gasteiger partial charge in [-0.1, -0.05) is 140 Å². The normalized spacial score (nSPS) is 12.8. The van der Waals surface area contributed by atoms with E-state index in [4.69, 9.17) is 5.10 Å². The smallest absolute Gasteiger partial charge is 0.0456 e. The first-order chi connectivity index (χ1) is 21.2. The Morgan fingerprint density at radius 1 is 0.488 bits per heavy atom. The maximum absolute atomic E-state index is 4.82. The molecule has 0 aliphatic rings. The van der Waals surface area contributed by atoms with Gasteiger partial charge in [-0.3, -0.25) is 0 Å². The van der Waals surface area contributed by atoms with Crippen molar-refractivity contribution in [2.45, 2.75) is 174 Å². The van der Waals surface area contributed by atoms with Crippen LogP contribution in [0.2, 0.25) is 0 Å². The Morgan fingerprint density at radius 3 is 1.33 bits per heavy atom. The Labute approximate surface area is 270 Å². The molecule has 0 atom stereocenters. The van der Waals surface area contributed by atoms with Gasteiger partial charge in [0, 0.05) is 18.8 Å². The van der Waals surface area contributed by atoms with Crippen LogP contribution in [0.5, 0.6) is 0 Å². The molecule has 0 spiro atoms. The molecule has 0 saturated carbocycles. The fraction of sp³-hybridized carbons (Fsp3) is 0.775. The summed E-state index contributed by atoms with van der Waals surface area (Å²) in [6, 6.07) is 0. The Kier molecular flexibility index (Phi) is 35.2. The van der Waals surface area contributed by atoms with Gasteiger partial charge in [0.25, 0.3) is 0 Å². The monoisotopic (exact) mass is 598 g/mol. The molecular weight excluding hydrogens is 522 g/mol. The summed E-state index contributed by atoms with van der Waals surface area (Å²) in [5.41, 5.74) is 4.75. The average Bonchev–Trinajstić information content (AvgIpc) is 3.00. The molecule has 0 aliphatic heterocycles. The Bertz CT molecular complexity index is 686. The topological polar surface area (TPSA) is 27.6 Å². The number of nitrogens with zero attached hydrogens (tertiary/aromatic N) is 2. The summed E-state index contributed by atoms with van der Waals surface area (Å²) in [6.07, 6.45) is 51.1. The van der Waals surface area contributed by atoms with Crippen LogP contribution in [0.4, 0.5) is 0 Å². The molecule has 0 unspecified atom stereocenters. The van der Waals surface area contributed by atoms with Gasteiger partial charge in [0.2, 0.25) is 0 Å². The third-order valence-corrected chi connectivity index (χ3v) is 7.99. The lowest BCUT2D eigenvalue weighted by Gasteiger charge is -2.11. The van der Waals surface area contributed by atoms with Gasteiger partial charge in [-0.15, -0.1) is 0 Å². The molecule has 250 valence electrons. The van der Waals surface area contributed by atoms with Gasteiger partial charge < -0.3 is 10.3 Å². The van der Waals surface area contributed by atoms with Crippen LogP contribution in [0.3, 0.4) is 0 Å². The number of hydrazone groups is 1. The largest absolute Gasteiger partial charge is 0.309 e. The molecule has 43 heavy (non-hydrogen) atoms. The first-order valence-corrected chi connectivity index (χ1v) is 18.7. The molecule has 0 amide bonds. The summed E-state index contributed by atoms with van der Waals surface area (Å²) in [6.45, 7) is 6.49. The van der Waals surface area contributed by atoms with Crippen LogP contribution in [0, 0.1) is 0 Å². The summed E-state index contributed by atoms with van der Waals surface area (Å²) < 4.78 is 0. The van der Waals surface area contributed by atoms with Crippen LogP contribution < -0.4 is 5.43 Å². The summed E-state index contributed by atoms with van der Waals surface area (Å²) in [4.78, 5) is 2.21. The summed E-state index contributed by atoms with van der Waals surface area (Å²) in [5, 5.41) is 4.82. The van der Waals surface area contributed by atoms with Crippen molar-refractivity contribution in [3.63, 3.8) is 0 Å². The third kappa shape index (κ3) is 36.5. The predicted molar refractivity (Wildman–Crippen MR) is 197 cm³/mol. The zero-order valence-corrected chi connectivity index (χ0v) is 29.6. The number of hydrogen-bond acceptors (Lipinski definition) is 3. The van der Waals surface area contributed by atoms with Crippen molar-refractivity contribution >= 4 is 5.71 Å². The number of allylic oxidation sites excluding steroid dienone is 8. The van der Waals surface area contributed by atoms with Gasteiger partial charge in [-0.25, -0.2) is 0 Å². The van der Waals surface area contributed by atoms with Gasteiger partial charge in [-0.05, 0) is 97.6 Å². The van der Waals surface area contributed by atoms with Gasteiger partial charge >= 0.3 is 0 Å². The van der Waals surface area contributed by atoms with Gasteiger partial charge in [0.15, 0.2) is 0 Å². The third-order valence-electron chi connectivity index (χ3n) is 7.99. The minimum Gasteiger partial charge on any atom is -0.309 e. The van der Waals surface area contributed by atoms with Crippen molar-refractivity contribution in [2.24, 2.45) is 5.10 Å². The molecule has 0 saturated heterocycles. The van der Waals surface area contributed by atoms with Gasteiger partial charge in [0.05, 0.1) is 0 Å². The number of nitrogens with one attached hydrogen (secondary N) is 1. The van der Waals surface area contributed by atoms with E-state index in [1.165, 1.54) is 153 Å². The Morgan fingerprint density at radius 2 is 0.884 bits per heavy atom. The molecule has 0 aromatic heterocycles. The fourth-order valence-corrected chi connectivity index (χ4v) is 5.12. The van der Waals surface area contributed by atoms with Crippen LogP contribution in [0.25, 0.3) is 0 Å².